The van der Waals surface area contributed by atoms with Gasteiger partial charge in [-0.2, -0.15) is 0 Å². The summed E-state index contributed by atoms with van der Waals surface area (Å²) in [6.07, 6.45) is 0.672. The molecule has 2 atom stereocenters. The van der Waals surface area contributed by atoms with Crippen LogP contribution in [0.1, 0.15) is 41.8 Å². The van der Waals surface area contributed by atoms with Crippen LogP contribution in [0.25, 0.3) is 0 Å². The number of hydrogen-bond donors (Lipinski definition) is 6. The van der Waals surface area contributed by atoms with Gasteiger partial charge in [-0.3, -0.25) is 19.7 Å². The summed E-state index contributed by atoms with van der Waals surface area (Å²) >= 11 is 0. The van der Waals surface area contributed by atoms with Gasteiger partial charge in [-0.05, 0) is 30.4 Å². The average molecular weight is 505 g/mol. The molecule has 0 spiro atoms. The highest BCUT2D eigenvalue weighted by Gasteiger charge is 2.23. The lowest BCUT2D eigenvalue weighted by Crippen LogP contribution is -2.42. The minimum absolute atomic E-state index is 0.0866. The van der Waals surface area contributed by atoms with E-state index in [9.17, 15) is 29.6 Å². The molecule has 2 aromatic rings. The number of nitro benzene ring substituents is 1. The normalized spacial score (nSPS) is 11.5. The van der Waals surface area contributed by atoms with Crippen molar-refractivity contribution in [3.05, 3.63) is 75.3 Å². The van der Waals surface area contributed by atoms with Crippen LogP contribution in [0.3, 0.4) is 0 Å². The highest BCUT2D eigenvalue weighted by Crippen LogP contribution is 2.17. The fourth-order valence-corrected chi connectivity index (χ4v) is 2.86. The molecule has 1 amide bonds. The molecule has 0 unspecified atom stereocenters. The molecule has 0 aliphatic carbocycles. The zero-order valence-electron chi connectivity index (χ0n) is 20.3. The maximum Gasteiger partial charge on any atom is 0.432 e. The summed E-state index contributed by atoms with van der Waals surface area (Å²) in [5.74, 6) is -2.38. The van der Waals surface area contributed by atoms with Crippen LogP contribution < -0.4 is 11.1 Å². The van der Waals surface area contributed by atoms with E-state index in [2.05, 4.69) is 5.32 Å². The van der Waals surface area contributed by atoms with Crippen LogP contribution in [-0.4, -0.2) is 62.8 Å². The van der Waals surface area contributed by atoms with Gasteiger partial charge < -0.3 is 31.3 Å². The van der Waals surface area contributed by atoms with Gasteiger partial charge in [0.1, 0.15) is 12.1 Å². The van der Waals surface area contributed by atoms with E-state index >= 15 is 0 Å². The number of aryl methyl sites for hydroxylation is 1. The van der Waals surface area contributed by atoms with E-state index in [1.165, 1.54) is 12.1 Å². The number of hydrogen-bond acceptors (Lipinski definition) is 8. The lowest BCUT2D eigenvalue weighted by molar-refractivity contribution is -0.384. The van der Waals surface area contributed by atoms with Crippen molar-refractivity contribution in [3.8, 4) is 0 Å². The monoisotopic (exact) mass is 505 g/mol. The molecule has 0 saturated heterocycles. The number of nitrogens with two attached hydrogens (primary N) is 1. The molecule has 2 rings (SSSR count). The summed E-state index contributed by atoms with van der Waals surface area (Å²) in [6.45, 7) is 5.53. The second kappa shape index (κ2) is 16.8. The van der Waals surface area contributed by atoms with Gasteiger partial charge in [-0.15, -0.1) is 0 Å². The first-order chi connectivity index (χ1) is 16.8. The highest BCUT2D eigenvalue weighted by molar-refractivity contribution is 6.13. The maximum absolute atomic E-state index is 12.3. The fraction of sp³-hybridized carbons (Fsp3) is 0.348. The number of carbonyl (C=O) groups excluding carboxylic acids is 1. The maximum atomic E-state index is 12.3. The molecule has 0 aromatic heterocycles. The van der Waals surface area contributed by atoms with E-state index in [0.29, 0.717) is 17.9 Å². The Morgan fingerprint density at radius 2 is 1.61 bits per heavy atom. The first-order valence-corrected chi connectivity index (χ1v) is 10.9. The molecule has 0 aliphatic rings. The number of benzene rings is 2. The highest BCUT2D eigenvalue weighted by atomic mass is 16.6. The number of nitrogens with zero attached hydrogens (tertiary/aromatic N) is 1. The molecule has 12 nitrogen and oxygen atoms in total. The molecule has 0 saturated carbocycles. The molecule has 0 fully saturated rings. The number of aliphatic carboxylic acids is 2. The standard InChI is InChI=1S/C17H16N2O5.C6H13NO2.BH3O2/c1-11-7-8-13(19(23)24)10-14(11)16(20)18-15(17(21)22)9-12-5-3-2-4-6-12;1-4(2)3-5(7)6(8)9;2-1-3/h2-8,10,15H,9H2,1H3,(H,18,20)(H,21,22);4-5H,3,7H2,1-2H3,(H,8,9);1-3H/t15-;5-;/m00./s1. The zero-order chi connectivity index (χ0) is 27.8. The molecule has 0 heterocycles. The van der Waals surface area contributed by atoms with Crippen LogP contribution in [0.15, 0.2) is 48.5 Å². The molecule has 196 valence electrons. The van der Waals surface area contributed by atoms with E-state index in [4.69, 9.17) is 20.9 Å². The number of carbonyl (C=O) groups is 3. The Balaban J connectivity index is 0.000000854. The van der Waals surface area contributed by atoms with E-state index in [-0.39, 0.29) is 17.7 Å². The van der Waals surface area contributed by atoms with Crippen molar-refractivity contribution in [2.24, 2.45) is 11.7 Å². The summed E-state index contributed by atoms with van der Waals surface area (Å²) in [5.41, 5.74) is 6.38. The van der Waals surface area contributed by atoms with Crippen molar-refractivity contribution in [1.82, 2.24) is 5.32 Å². The van der Waals surface area contributed by atoms with Crippen molar-refractivity contribution < 1.29 is 39.6 Å². The van der Waals surface area contributed by atoms with Gasteiger partial charge in [-0.1, -0.05) is 50.2 Å². The zero-order valence-corrected chi connectivity index (χ0v) is 20.3. The van der Waals surface area contributed by atoms with Gasteiger partial charge in [0.15, 0.2) is 0 Å². The number of amides is 1. The second-order valence-corrected chi connectivity index (χ2v) is 8.03. The third kappa shape index (κ3) is 12.6. The third-order valence-corrected chi connectivity index (χ3v) is 4.61. The summed E-state index contributed by atoms with van der Waals surface area (Å²) in [6, 6.07) is 11.0. The Morgan fingerprint density at radius 1 is 1.06 bits per heavy atom. The molecular weight excluding hydrogens is 473 g/mol. The SMILES string of the molecule is CC(C)C[C@H](N)C(=O)O.Cc1ccc([N+](=O)[O-])cc1C(=O)N[C@@H](Cc1ccccc1)C(=O)O.OBO. The van der Waals surface area contributed by atoms with Gasteiger partial charge in [0.25, 0.3) is 11.6 Å². The topological polar surface area (TPSA) is 213 Å². The van der Waals surface area contributed by atoms with Crippen LogP contribution in [0.2, 0.25) is 0 Å². The average Bonchev–Trinajstić information content (AvgIpc) is 2.79. The smallest absolute Gasteiger partial charge is 0.432 e. The van der Waals surface area contributed by atoms with Crippen molar-refractivity contribution in [3.63, 3.8) is 0 Å². The number of rotatable bonds is 9. The number of non-ortho nitro benzene ring substituents is 1. The quantitative estimate of drug-likeness (QED) is 0.162. The van der Waals surface area contributed by atoms with Gasteiger partial charge in [0.2, 0.25) is 0 Å². The second-order valence-electron chi connectivity index (χ2n) is 8.03. The van der Waals surface area contributed by atoms with Crippen LogP contribution >= 0.6 is 0 Å². The third-order valence-electron chi connectivity index (χ3n) is 4.61. The Bertz CT molecular complexity index is 1000. The number of carboxylic acid groups (broad SMARTS) is 2. The molecule has 2 aromatic carbocycles. The molecule has 0 radical (unpaired) electrons. The van der Waals surface area contributed by atoms with Crippen LogP contribution in [0.5, 0.6) is 0 Å². The van der Waals surface area contributed by atoms with E-state index in [1.54, 1.807) is 31.2 Å². The van der Waals surface area contributed by atoms with Gasteiger partial charge >= 0.3 is 19.6 Å². The first-order valence-electron chi connectivity index (χ1n) is 10.9. The molecular formula is C23H32BN3O9. The van der Waals surface area contributed by atoms with Crippen LogP contribution in [0.4, 0.5) is 5.69 Å². The van der Waals surface area contributed by atoms with Crippen molar-refractivity contribution >= 4 is 31.2 Å². The minimum Gasteiger partial charge on any atom is -0.480 e. The molecule has 0 bridgehead atoms. The predicted molar refractivity (Wildman–Crippen MR) is 134 cm³/mol. The largest absolute Gasteiger partial charge is 0.480 e. The summed E-state index contributed by atoms with van der Waals surface area (Å²) in [5, 5.41) is 45.1. The van der Waals surface area contributed by atoms with Gasteiger partial charge in [-0.25, -0.2) is 4.79 Å². The Hall–Kier alpha value is -3.81. The summed E-state index contributed by atoms with van der Waals surface area (Å²) in [7, 11) is -0.750. The Kier molecular flexibility index (Phi) is 15.0. The molecule has 36 heavy (non-hydrogen) atoms. The van der Waals surface area contributed by atoms with Gasteiger partial charge in [0, 0.05) is 24.1 Å². The lowest BCUT2D eigenvalue weighted by atomic mass is 10.0. The summed E-state index contributed by atoms with van der Waals surface area (Å²) < 4.78 is 0. The molecule has 13 heteroatoms. The Morgan fingerprint density at radius 3 is 2.03 bits per heavy atom. The van der Waals surface area contributed by atoms with Gasteiger partial charge in [0.05, 0.1) is 4.92 Å². The van der Waals surface area contributed by atoms with E-state index in [0.717, 1.165) is 11.6 Å². The van der Waals surface area contributed by atoms with Crippen molar-refractivity contribution in [1.29, 1.82) is 0 Å². The van der Waals surface area contributed by atoms with Crippen LogP contribution in [-0.2, 0) is 16.0 Å². The minimum atomic E-state index is -1.17. The predicted octanol–water partition coefficient (Wildman–Crippen LogP) is 1.01. The first kappa shape index (κ1) is 32.2. The Labute approximate surface area is 209 Å². The van der Waals surface area contributed by atoms with E-state index < -0.39 is 42.5 Å². The van der Waals surface area contributed by atoms with Crippen molar-refractivity contribution in [2.75, 3.05) is 0 Å². The number of nitrogens with one attached hydrogen (secondary N) is 1. The van der Waals surface area contributed by atoms with Crippen molar-refractivity contribution in [2.45, 2.75) is 45.7 Å². The summed E-state index contributed by atoms with van der Waals surface area (Å²) in [4.78, 5) is 44.1. The lowest BCUT2D eigenvalue weighted by Gasteiger charge is -2.15. The number of nitro groups is 1. The van der Waals surface area contributed by atoms with E-state index in [1.807, 2.05) is 19.9 Å². The van der Waals surface area contributed by atoms with Crippen LogP contribution in [0, 0.1) is 23.0 Å². The molecule has 0 aliphatic heterocycles. The molecule has 7 N–H and O–H groups in total. The fourth-order valence-electron chi connectivity index (χ4n) is 2.86. The number of carboxylic acids is 2.